The van der Waals surface area contributed by atoms with E-state index in [-0.39, 0.29) is 5.56 Å². The molecule has 0 bridgehead atoms. The molecule has 1 aliphatic carbocycles. The normalized spacial score (nSPS) is 27.1. The van der Waals surface area contributed by atoms with Crippen LogP contribution in [0.5, 0.6) is 0 Å². The van der Waals surface area contributed by atoms with E-state index in [0.717, 1.165) is 18.0 Å². The van der Waals surface area contributed by atoms with E-state index in [4.69, 9.17) is 10.8 Å². The maximum Gasteiger partial charge on any atom is 0.335 e. The van der Waals surface area contributed by atoms with Crippen molar-refractivity contribution in [3.05, 3.63) is 23.8 Å². The molecule has 0 aromatic heterocycles. The number of nitrogens with one attached hydrogen (secondary N) is 1. The maximum absolute atomic E-state index is 10.8. The number of rotatable bonds is 3. The summed E-state index contributed by atoms with van der Waals surface area (Å²) in [7, 11) is 0. The third-order valence-electron chi connectivity index (χ3n) is 4.10. The Labute approximate surface area is 107 Å². The first kappa shape index (κ1) is 12.7. The highest BCUT2D eigenvalue weighted by atomic mass is 16.4. The van der Waals surface area contributed by atoms with Crippen LogP contribution in [0.1, 0.15) is 37.0 Å². The molecule has 0 amide bonds. The number of hydrogen-bond donors (Lipinski definition) is 3. The summed E-state index contributed by atoms with van der Waals surface area (Å²) >= 11 is 0. The van der Waals surface area contributed by atoms with Crippen LogP contribution < -0.4 is 11.1 Å². The maximum atomic E-state index is 10.8. The SMILES string of the molecule is CC1CCC(Nc2ccc(C(=O)O)cc2N)C1C. The first-order valence-corrected chi connectivity index (χ1v) is 6.38. The molecule has 1 aromatic carbocycles. The molecule has 0 heterocycles. The summed E-state index contributed by atoms with van der Waals surface area (Å²) in [5.41, 5.74) is 7.46. The lowest BCUT2D eigenvalue weighted by atomic mass is 9.97. The zero-order chi connectivity index (χ0) is 13.3. The second kappa shape index (κ2) is 4.88. The van der Waals surface area contributed by atoms with Crippen molar-refractivity contribution in [2.75, 3.05) is 11.1 Å². The second-order valence-electron chi connectivity index (χ2n) is 5.27. The molecule has 3 atom stereocenters. The molecular weight excluding hydrogens is 228 g/mol. The molecule has 4 heteroatoms. The van der Waals surface area contributed by atoms with Crippen LogP contribution in [0.3, 0.4) is 0 Å². The number of benzene rings is 1. The quantitative estimate of drug-likeness (QED) is 0.719. The van der Waals surface area contributed by atoms with Crippen molar-refractivity contribution in [2.45, 2.75) is 32.7 Å². The monoisotopic (exact) mass is 248 g/mol. The van der Waals surface area contributed by atoms with E-state index in [1.807, 2.05) is 0 Å². The van der Waals surface area contributed by atoms with E-state index >= 15 is 0 Å². The molecular formula is C14H20N2O2. The van der Waals surface area contributed by atoms with E-state index in [1.165, 1.54) is 12.5 Å². The van der Waals surface area contributed by atoms with Gasteiger partial charge in [-0.15, -0.1) is 0 Å². The molecule has 98 valence electrons. The van der Waals surface area contributed by atoms with Crippen molar-refractivity contribution in [3.63, 3.8) is 0 Å². The smallest absolute Gasteiger partial charge is 0.335 e. The zero-order valence-corrected chi connectivity index (χ0v) is 10.8. The van der Waals surface area contributed by atoms with Gasteiger partial charge in [0.2, 0.25) is 0 Å². The molecule has 1 aromatic rings. The van der Waals surface area contributed by atoms with E-state index in [2.05, 4.69) is 19.2 Å². The minimum Gasteiger partial charge on any atom is -0.478 e. The van der Waals surface area contributed by atoms with Crippen LogP contribution in [0.25, 0.3) is 0 Å². The summed E-state index contributed by atoms with van der Waals surface area (Å²) in [6.45, 7) is 4.51. The van der Waals surface area contributed by atoms with Crippen LogP contribution in [0.2, 0.25) is 0 Å². The van der Waals surface area contributed by atoms with Crippen LogP contribution >= 0.6 is 0 Å². The Morgan fingerprint density at radius 3 is 2.61 bits per heavy atom. The molecule has 0 spiro atoms. The van der Waals surface area contributed by atoms with E-state index in [0.29, 0.717) is 17.6 Å². The Bertz CT molecular complexity index is 459. The number of carboxylic acid groups (broad SMARTS) is 1. The first-order valence-electron chi connectivity index (χ1n) is 6.38. The van der Waals surface area contributed by atoms with Gasteiger partial charge in [0.05, 0.1) is 16.9 Å². The fraction of sp³-hybridized carbons (Fsp3) is 0.500. The number of hydrogen-bond acceptors (Lipinski definition) is 3. The van der Waals surface area contributed by atoms with Gasteiger partial charge in [-0.05, 0) is 42.9 Å². The van der Waals surface area contributed by atoms with Crippen LogP contribution in [0.4, 0.5) is 11.4 Å². The predicted molar refractivity (Wildman–Crippen MR) is 72.8 cm³/mol. The minimum absolute atomic E-state index is 0.228. The van der Waals surface area contributed by atoms with Crippen LogP contribution in [0.15, 0.2) is 18.2 Å². The summed E-state index contributed by atoms with van der Waals surface area (Å²) in [5, 5.41) is 12.3. The topological polar surface area (TPSA) is 75.3 Å². The molecule has 3 unspecified atom stereocenters. The lowest BCUT2D eigenvalue weighted by Crippen LogP contribution is -2.24. The fourth-order valence-corrected chi connectivity index (χ4v) is 2.60. The molecule has 18 heavy (non-hydrogen) atoms. The molecule has 1 saturated carbocycles. The summed E-state index contributed by atoms with van der Waals surface area (Å²) < 4.78 is 0. The zero-order valence-electron chi connectivity index (χ0n) is 10.8. The van der Waals surface area contributed by atoms with Crippen molar-refractivity contribution >= 4 is 17.3 Å². The van der Waals surface area contributed by atoms with Gasteiger partial charge in [0.15, 0.2) is 0 Å². The predicted octanol–water partition coefficient (Wildman–Crippen LogP) is 2.81. The third kappa shape index (κ3) is 2.42. The van der Waals surface area contributed by atoms with Gasteiger partial charge in [-0.3, -0.25) is 0 Å². The first-order chi connectivity index (χ1) is 8.49. The standard InChI is InChI=1S/C14H20N2O2/c1-8-3-5-12(9(8)2)16-13-6-4-10(14(17)18)7-11(13)15/h4,6-9,12,16H,3,5,15H2,1-2H3,(H,17,18). The number of carboxylic acids is 1. The number of carbonyl (C=O) groups is 1. The highest BCUT2D eigenvalue weighted by Crippen LogP contribution is 2.34. The van der Waals surface area contributed by atoms with Gasteiger partial charge in [0.1, 0.15) is 0 Å². The average Bonchev–Trinajstić information content (AvgIpc) is 2.63. The minimum atomic E-state index is -0.948. The Morgan fingerprint density at radius 1 is 1.39 bits per heavy atom. The van der Waals surface area contributed by atoms with Gasteiger partial charge < -0.3 is 16.2 Å². The number of nitrogen functional groups attached to an aromatic ring is 1. The molecule has 1 fully saturated rings. The van der Waals surface area contributed by atoms with E-state index in [1.54, 1.807) is 12.1 Å². The van der Waals surface area contributed by atoms with Gasteiger partial charge in [-0.25, -0.2) is 4.79 Å². The van der Waals surface area contributed by atoms with Crippen molar-refractivity contribution in [3.8, 4) is 0 Å². The molecule has 0 aliphatic heterocycles. The number of anilines is 2. The average molecular weight is 248 g/mol. The summed E-state index contributed by atoms with van der Waals surface area (Å²) in [6.07, 6.45) is 2.37. The van der Waals surface area contributed by atoms with Gasteiger partial charge in [-0.1, -0.05) is 13.8 Å². The molecule has 0 saturated heterocycles. The highest BCUT2D eigenvalue weighted by Gasteiger charge is 2.29. The Kier molecular flexibility index (Phi) is 3.45. The summed E-state index contributed by atoms with van der Waals surface area (Å²) in [4.78, 5) is 10.8. The molecule has 0 radical (unpaired) electrons. The van der Waals surface area contributed by atoms with Crippen LogP contribution in [-0.2, 0) is 0 Å². The fourth-order valence-electron chi connectivity index (χ4n) is 2.60. The summed E-state index contributed by atoms with van der Waals surface area (Å²) in [6, 6.07) is 5.28. The van der Waals surface area contributed by atoms with Gasteiger partial charge in [-0.2, -0.15) is 0 Å². The van der Waals surface area contributed by atoms with Gasteiger partial charge >= 0.3 is 5.97 Å². The Morgan fingerprint density at radius 2 is 2.11 bits per heavy atom. The second-order valence-corrected chi connectivity index (χ2v) is 5.27. The summed E-state index contributed by atoms with van der Waals surface area (Å²) in [5.74, 6) is 0.390. The lowest BCUT2D eigenvalue weighted by Gasteiger charge is -2.22. The largest absolute Gasteiger partial charge is 0.478 e. The van der Waals surface area contributed by atoms with Crippen molar-refractivity contribution < 1.29 is 9.90 Å². The van der Waals surface area contributed by atoms with Crippen molar-refractivity contribution in [1.29, 1.82) is 0 Å². The molecule has 4 nitrogen and oxygen atoms in total. The van der Waals surface area contributed by atoms with Crippen molar-refractivity contribution in [2.24, 2.45) is 11.8 Å². The van der Waals surface area contributed by atoms with E-state index < -0.39 is 5.97 Å². The Hall–Kier alpha value is -1.71. The number of nitrogens with two attached hydrogens (primary N) is 1. The van der Waals surface area contributed by atoms with Gasteiger partial charge in [0, 0.05) is 6.04 Å². The van der Waals surface area contributed by atoms with Crippen molar-refractivity contribution in [1.82, 2.24) is 0 Å². The van der Waals surface area contributed by atoms with Crippen LogP contribution in [0, 0.1) is 11.8 Å². The Balaban J connectivity index is 2.13. The molecule has 2 rings (SSSR count). The lowest BCUT2D eigenvalue weighted by molar-refractivity contribution is 0.0697. The molecule has 4 N–H and O–H groups in total. The number of aromatic carboxylic acids is 1. The highest BCUT2D eigenvalue weighted by molar-refractivity contribution is 5.90. The van der Waals surface area contributed by atoms with E-state index in [9.17, 15) is 4.79 Å². The molecule has 1 aliphatic rings. The van der Waals surface area contributed by atoms with Gasteiger partial charge in [0.25, 0.3) is 0 Å². The van der Waals surface area contributed by atoms with Crippen LogP contribution in [-0.4, -0.2) is 17.1 Å². The third-order valence-corrected chi connectivity index (χ3v) is 4.10.